The normalized spacial score (nSPS) is 22.8. The van der Waals surface area contributed by atoms with Gasteiger partial charge in [-0.1, -0.05) is 19.8 Å². The van der Waals surface area contributed by atoms with Gasteiger partial charge in [0.25, 0.3) is 0 Å². The maximum Gasteiger partial charge on any atom is 0.340 e. The molecule has 19 heavy (non-hydrogen) atoms. The van der Waals surface area contributed by atoms with Crippen LogP contribution in [0.5, 0.6) is 0 Å². The van der Waals surface area contributed by atoms with Gasteiger partial charge in [0.1, 0.15) is 0 Å². The van der Waals surface area contributed by atoms with E-state index in [1.807, 2.05) is 6.07 Å². The van der Waals surface area contributed by atoms with Crippen molar-refractivity contribution in [3.8, 4) is 0 Å². The third-order valence-electron chi connectivity index (χ3n) is 3.92. The average molecular weight is 262 g/mol. The minimum atomic E-state index is -0.391. The standard InChI is InChI=1S/C15H22N2O2/c1-10-5-3-4-6-14(10)17-11-7-8-13(16)12(9-11)15(18)19-2/h7-10,14,17H,3-6,16H2,1-2H3. The molecule has 4 nitrogen and oxygen atoms in total. The molecule has 4 heteroatoms. The molecule has 2 unspecified atom stereocenters. The van der Waals surface area contributed by atoms with Crippen LogP contribution in [0, 0.1) is 5.92 Å². The van der Waals surface area contributed by atoms with Crippen LogP contribution in [0.25, 0.3) is 0 Å². The Hall–Kier alpha value is -1.71. The monoisotopic (exact) mass is 262 g/mol. The van der Waals surface area contributed by atoms with Crippen LogP contribution in [0.4, 0.5) is 11.4 Å². The van der Waals surface area contributed by atoms with Crippen LogP contribution in [-0.4, -0.2) is 19.1 Å². The lowest BCUT2D eigenvalue weighted by molar-refractivity contribution is 0.0602. The minimum absolute atomic E-state index is 0.391. The van der Waals surface area contributed by atoms with Crippen LogP contribution in [0.3, 0.4) is 0 Å². The molecule has 2 atom stereocenters. The molecule has 0 aliphatic heterocycles. The van der Waals surface area contributed by atoms with Crippen molar-refractivity contribution in [1.82, 2.24) is 0 Å². The van der Waals surface area contributed by atoms with Crippen molar-refractivity contribution in [2.45, 2.75) is 38.6 Å². The number of benzene rings is 1. The van der Waals surface area contributed by atoms with Gasteiger partial charge in [-0.3, -0.25) is 0 Å². The highest BCUT2D eigenvalue weighted by atomic mass is 16.5. The molecule has 1 aromatic carbocycles. The number of ether oxygens (including phenoxy) is 1. The number of esters is 1. The van der Waals surface area contributed by atoms with Crippen LogP contribution >= 0.6 is 0 Å². The van der Waals surface area contributed by atoms with Gasteiger partial charge < -0.3 is 15.8 Å². The number of nitrogen functional groups attached to an aromatic ring is 1. The fraction of sp³-hybridized carbons (Fsp3) is 0.533. The Morgan fingerprint density at radius 1 is 1.37 bits per heavy atom. The number of rotatable bonds is 3. The molecule has 0 bridgehead atoms. The fourth-order valence-electron chi connectivity index (χ4n) is 2.68. The molecule has 0 radical (unpaired) electrons. The number of carbonyl (C=O) groups is 1. The van der Waals surface area contributed by atoms with Crippen molar-refractivity contribution in [2.24, 2.45) is 5.92 Å². The Balaban J connectivity index is 2.14. The Bertz CT molecular complexity index is 459. The minimum Gasteiger partial charge on any atom is -0.465 e. The molecule has 3 N–H and O–H groups in total. The topological polar surface area (TPSA) is 64.3 Å². The van der Waals surface area contributed by atoms with Gasteiger partial charge in [0.05, 0.1) is 12.7 Å². The lowest BCUT2D eigenvalue weighted by Crippen LogP contribution is -2.30. The van der Waals surface area contributed by atoms with Gasteiger partial charge in [-0.05, 0) is 37.0 Å². The summed E-state index contributed by atoms with van der Waals surface area (Å²) >= 11 is 0. The van der Waals surface area contributed by atoms with Crippen molar-refractivity contribution in [3.05, 3.63) is 23.8 Å². The number of anilines is 2. The zero-order valence-electron chi connectivity index (χ0n) is 11.6. The lowest BCUT2D eigenvalue weighted by Gasteiger charge is -2.30. The number of carbonyl (C=O) groups excluding carboxylic acids is 1. The quantitative estimate of drug-likeness (QED) is 0.649. The number of methoxy groups -OCH3 is 1. The molecule has 1 aromatic rings. The zero-order valence-corrected chi connectivity index (χ0v) is 11.6. The van der Waals surface area contributed by atoms with E-state index in [-0.39, 0.29) is 0 Å². The van der Waals surface area contributed by atoms with E-state index < -0.39 is 5.97 Å². The average Bonchev–Trinajstić information content (AvgIpc) is 2.42. The first kappa shape index (κ1) is 13.7. The molecular formula is C15H22N2O2. The van der Waals surface area contributed by atoms with Crippen LogP contribution < -0.4 is 11.1 Å². The predicted molar refractivity (Wildman–Crippen MR) is 77.2 cm³/mol. The third-order valence-corrected chi connectivity index (χ3v) is 3.92. The van der Waals surface area contributed by atoms with E-state index >= 15 is 0 Å². The second-order valence-corrected chi connectivity index (χ2v) is 5.31. The summed E-state index contributed by atoms with van der Waals surface area (Å²) in [5.74, 6) is 0.269. The van der Waals surface area contributed by atoms with E-state index in [2.05, 4.69) is 12.2 Å². The smallest absolute Gasteiger partial charge is 0.340 e. The Morgan fingerprint density at radius 2 is 2.11 bits per heavy atom. The first-order valence-electron chi connectivity index (χ1n) is 6.86. The molecule has 1 saturated carbocycles. The van der Waals surface area contributed by atoms with Crippen LogP contribution in [0.15, 0.2) is 18.2 Å². The van der Waals surface area contributed by atoms with E-state index in [0.717, 1.165) is 5.69 Å². The number of hydrogen-bond acceptors (Lipinski definition) is 4. The van der Waals surface area contributed by atoms with E-state index in [0.29, 0.717) is 23.2 Å². The summed E-state index contributed by atoms with van der Waals surface area (Å²) in [6, 6.07) is 5.93. The Kier molecular flexibility index (Phi) is 4.30. The molecule has 0 spiro atoms. The molecule has 0 amide bonds. The van der Waals surface area contributed by atoms with Crippen molar-refractivity contribution in [1.29, 1.82) is 0 Å². The number of nitrogens with one attached hydrogen (secondary N) is 1. The van der Waals surface area contributed by atoms with Gasteiger partial charge in [0, 0.05) is 17.4 Å². The van der Waals surface area contributed by atoms with Crippen LogP contribution in [-0.2, 0) is 4.74 Å². The van der Waals surface area contributed by atoms with Gasteiger partial charge in [0.2, 0.25) is 0 Å². The predicted octanol–water partition coefficient (Wildman–Crippen LogP) is 3.05. The van der Waals surface area contributed by atoms with Gasteiger partial charge in [0.15, 0.2) is 0 Å². The second kappa shape index (κ2) is 5.95. The summed E-state index contributed by atoms with van der Waals surface area (Å²) in [7, 11) is 1.37. The van der Waals surface area contributed by atoms with E-state index in [1.165, 1.54) is 32.8 Å². The first-order valence-corrected chi connectivity index (χ1v) is 6.86. The van der Waals surface area contributed by atoms with E-state index in [4.69, 9.17) is 10.5 Å². The highest BCUT2D eigenvalue weighted by Gasteiger charge is 2.21. The highest BCUT2D eigenvalue weighted by Crippen LogP contribution is 2.28. The lowest BCUT2D eigenvalue weighted by atomic mass is 9.86. The summed E-state index contributed by atoms with van der Waals surface area (Å²) in [5, 5.41) is 3.51. The van der Waals surface area contributed by atoms with Crippen molar-refractivity contribution in [2.75, 3.05) is 18.2 Å². The van der Waals surface area contributed by atoms with Gasteiger partial charge in [-0.15, -0.1) is 0 Å². The van der Waals surface area contributed by atoms with Crippen LogP contribution in [0.2, 0.25) is 0 Å². The maximum absolute atomic E-state index is 11.6. The SMILES string of the molecule is COC(=O)c1cc(NC2CCCCC2C)ccc1N. The molecule has 104 valence electrons. The van der Waals surface area contributed by atoms with Crippen molar-refractivity contribution >= 4 is 17.3 Å². The molecule has 1 aliphatic rings. The summed E-state index contributed by atoms with van der Waals surface area (Å²) in [4.78, 5) is 11.6. The molecular weight excluding hydrogens is 240 g/mol. The van der Waals surface area contributed by atoms with Gasteiger partial charge >= 0.3 is 5.97 Å². The third kappa shape index (κ3) is 3.19. The molecule has 0 saturated heterocycles. The Labute approximate surface area is 114 Å². The zero-order chi connectivity index (χ0) is 13.8. The van der Waals surface area contributed by atoms with Crippen molar-refractivity contribution < 1.29 is 9.53 Å². The molecule has 1 aliphatic carbocycles. The Morgan fingerprint density at radius 3 is 2.79 bits per heavy atom. The van der Waals surface area contributed by atoms with E-state index in [9.17, 15) is 4.79 Å². The number of hydrogen-bond donors (Lipinski definition) is 2. The summed E-state index contributed by atoms with van der Waals surface area (Å²) in [5.41, 5.74) is 7.62. The van der Waals surface area contributed by atoms with Gasteiger partial charge in [-0.2, -0.15) is 0 Å². The fourth-order valence-corrected chi connectivity index (χ4v) is 2.68. The van der Waals surface area contributed by atoms with Crippen LogP contribution in [0.1, 0.15) is 43.0 Å². The first-order chi connectivity index (χ1) is 9.11. The summed E-state index contributed by atoms with van der Waals surface area (Å²) in [6.45, 7) is 2.27. The van der Waals surface area contributed by atoms with E-state index in [1.54, 1.807) is 12.1 Å². The largest absolute Gasteiger partial charge is 0.465 e. The highest BCUT2D eigenvalue weighted by molar-refractivity contribution is 5.96. The maximum atomic E-state index is 11.6. The molecule has 1 fully saturated rings. The molecule has 2 rings (SSSR count). The second-order valence-electron chi connectivity index (χ2n) is 5.31. The summed E-state index contributed by atoms with van der Waals surface area (Å²) < 4.78 is 4.74. The van der Waals surface area contributed by atoms with Crippen molar-refractivity contribution in [3.63, 3.8) is 0 Å². The molecule has 0 heterocycles. The van der Waals surface area contributed by atoms with Gasteiger partial charge in [-0.25, -0.2) is 4.79 Å². The number of nitrogens with two attached hydrogens (primary N) is 1. The summed E-state index contributed by atoms with van der Waals surface area (Å²) in [6.07, 6.45) is 5.02. The molecule has 0 aromatic heterocycles.